The molecule has 3 amide bonds. The minimum absolute atomic E-state index is 0.00962. The monoisotopic (exact) mass is 388 g/mol. The van der Waals surface area contributed by atoms with E-state index >= 15 is 0 Å². The number of aromatic nitrogens is 1. The second-order valence-electron chi connectivity index (χ2n) is 6.58. The number of primary amides is 1. The van der Waals surface area contributed by atoms with Crippen molar-refractivity contribution in [2.45, 2.75) is 39.7 Å². The Morgan fingerprint density at radius 2 is 2.00 bits per heavy atom. The summed E-state index contributed by atoms with van der Waals surface area (Å²) in [7, 11) is 0. The van der Waals surface area contributed by atoms with Crippen LogP contribution in [0.2, 0.25) is 0 Å². The first-order valence-electron chi connectivity index (χ1n) is 8.67. The molecule has 1 aromatic carbocycles. The molecular weight excluding hydrogens is 364 g/mol. The normalized spacial score (nSPS) is 11.9. The van der Waals surface area contributed by atoms with Crippen molar-refractivity contribution in [2.24, 2.45) is 11.7 Å². The third kappa shape index (κ3) is 5.62. The number of benzene rings is 1. The summed E-state index contributed by atoms with van der Waals surface area (Å²) < 4.78 is 0. The van der Waals surface area contributed by atoms with Gasteiger partial charge in [0.25, 0.3) is 0 Å². The van der Waals surface area contributed by atoms with Gasteiger partial charge in [0.15, 0.2) is 5.13 Å². The van der Waals surface area contributed by atoms with Gasteiger partial charge in [-0.25, -0.2) is 4.98 Å². The van der Waals surface area contributed by atoms with E-state index in [1.165, 1.54) is 16.2 Å². The summed E-state index contributed by atoms with van der Waals surface area (Å²) in [6.07, 6.45) is 1.54. The number of hydrogen-bond donors (Lipinski definition) is 2. The minimum Gasteiger partial charge on any atom is -0.368 e. The van der Waals surface area contributed by atoms with Crippen molar-refractivity contribution in [1.29, 1.82) is 0 Å². The Labute approximate surface area is 162 Å². The SMILES string of the molecule is Cc1cccc(N(C(=O)CCC(=O)Nc2nccs2)C(C(N)=O)C(C)C)c1. The summed E-state index contributed by atoms with van der Waals surface area (Å²) in [6.45, 7) is 5.57. The molecule has 0 aliphatic rings. The van der Waals surface area contributed by atoms with Crippen LogP contribution in [0.3, 0.4) is 0 Å². The smallest absolute Gasteiger partial charge is 0.240 e. The first-order chi connectivity index (χ1) is 12.8. The first kappa shape index (κ1) is 20.6. The van der Waals surface area contributed by atoms with Crippen LogP contribution in [0.15, 0.2) is 35.8 Å². The molecule has 0 aliphatic heterocycles. The summed E-state index contributed by atoms with van der Waals surface area (Å²) in [6, 6.07) is 6.52. The molecule has 144 valence electrons. The van der Waals surface area contributed by atoms with E-state index in [9.17, 15) is 14.4 Å². The van der Waals surface area contributed by atoms with E-state index in [0.29, 0.717) is 10.8 Å². The Balaban J connectivity index is 2.17. The average Bonchev–Trinajstić information content (AvgIpc) is 3.09. The number of nitrogens with two attached hydrogens (primary N) is 1. The van der Waals surface area contributed by atoms with E-state index in [-0.39, 0.29) is 30.6 Å². The Kier molecular flexibility index (Phi) is 7.06. The van der Waals surface area contributed by atoms with E-state index in [0.717, 1.165) is 5.56 Å². The number of nitrogens with one attached hydrogen (secondary N) is 1. The molecule has 7 nitrogen and oxygen atoms in total. The third-order valence-corrected chi connectivity index (χ3v) is 4.68. The summed E-state index contributed by atoms with van der Waals surface area (Å²) >= 11 is 1.30. The van der Waals surface area contributed by atoms with Gasteiger partial charge in [0.1, 0.15) is 6.04 Å². The van der Waals surface area contributed by atoms with Gasteiger partial charge in [0, 0.05) is 30.1 Å². The molecule has 2 rings (SSSR count). The van der Waals surface area contributed by atoms with E-state index < -0.39 is 11.9 Å². The van der Waals surface area contributed by atoms with Crippen LogP contribution in [0.25, 0.3) is 0 Å². The highest BCUT2D eigenvalue weighted by Crippen LogP contribution is 2.24. The van der Waals surface area contributed by atoms with E-state index in [1.54, 1.807) is 17.6 Å². The van der Waals surface area contributed by atoms with Gasteiger partial charge >= 0.3 is 0 Å². The van der Waals surface area contributed by atoms with Crippen molar-refractivity contribution >= 4 is 39.9 Å². The molecule has 0 spiro atoms. The highest BCUT2D eigenvalue weighted by Gasteiger charge is 2.32. The van der Waals surface area contributed by atoms with Crippen LogP contribution in [-0.4, -0.2) is 28.7 Å². The molecule has 0 saturated carbocycles. The molecule has 3 N–H and O–H groups in total. The fourth-order valence-corrected chi connectivity index (χ4v) is 3.34. The number of amides is 3. The van der Waals surface area contributed by atoms with Crippen molar-refractivity contribution in [3.63, 3.8) is 0 Å². The van der Waals surface area contributed by atoms with E-state index in [2.05, 4.69) is 10.3 Å². The van der Waals surface area contributed by atoms with Crippen LogP contribution < -0.4 is 16.0 Å². The van der Waals surface area contributed by atoms with Crippen LogP contribution in [0, 0.1) is 12.8 Å². The van der Waals surface area contributed by atoms with Gasteiger partial charge in [-0.3, -0.25) is 19.3 Å². The second kappa shape index (κ2) is 9.27. The van der Waals surface area contributed by atoms with Gasteiger partial charge in [0.05, 0.1) is 0 Å². The molecular formula is C19H24N4O3S. The van der Waals surface area contributed by atoms with Crippen molar-refractivity contribution in [3.05, 3.63) is 41.4 Å². The maximum Gasteiger partial charge on any atom is 0.240 e. The highest BCUT2D eigenvalue weighted by atomic mass is 32.1. The molecule has 8 heteroatoms. The summed E-state index contributed by atoms with van der Waals surface area (Å²) in [5, 5.41) is 4.88. The lowest BCUT2D eigenvalue weighted by Gasteiger charge is -2.32. The molecule has 1 atom stereocenters. The standard InChI is InChI=1S/C19H24N4O3S/c1-12(2)17(18(20)26)23(14-6-4-5-13(3)11-14)16(25)8-7-15(24)22-19-21-9-10-27-19/h4-6,9-12,17H,7-8H2,1-3H3,(H2,20,26)(H,21,22,24). The van der Waals surface area contributed by atoms with Gasteiger partial charge in [-0.1, -0.05) is 26.0 Å². The summed E-state index contributed by atoms with van der Waals surface area (Å²) in [4.78, 5) is 42.4. The van der Waals surface area contributed by atoms with Crippen molar-refractivity contribution in [3.8, 4) is 0 Å². The maximum atomic E-state index is 12.9. The number of thiazole rings is 1. The van der Waals surface area contributed by atoms with Crippen LogP contribution >= 0.6 is 11.3 Å². The van der Waals surface area contributed by atoms with Gasteiger partial charge < -0.3 is 11.1 Å². The lowest BCUT2D eigenvalue weighted by Crippen LogP contribution is -2.51. The van der Waals surface area contributed by atoms with Crippen molar-refractivity contribution in [2.75, 3.05) is 10.2 Å². The number of carbonyl (C=O) groups is 3. The average molecular weight is 388 g/mol. The molecule has 0 saturated heterocycles. The van der Waals surface area contributed by atoms with Gasteiger partial charge in [-0.05, 0) is 30.5 Å². The van der Waals surface area contributed by atoms with Gasteiger partial charge in [0.2, 0.25) is 17.7 Å². The van der Waals surface area contributed by atoms with Crippen molar-refractivity contribution < 1.29 is 14.4 Å². The molecule has 2 aromatic rings. The van der Waals surface area contributed by atoms with Gasteiger partial charge in [-0.2, -0.15) is 0 Å². The largest absolute Gasteiger partial charge is 0.368 e. The lowest BCUT2D eigenvalue weighted by molar-refractivity contribution is -0.126. The molecule has 1 aromatic heterocycles. The van der Waals surface area contributed by atoms with Crippen molar-refractivity contribution in [1.82, 2.24) is 4.98 Å². The fourth-order valence-electron chi connectivity index (χ4n) is 2.80. The Morgan fingerprint density at radius 3 is 2.56 bits per heavy atom. The number of hydrogen-bond acceptors (Lipinski definition) is 5. The number of rotatable bonds is 8. The zero-order valence-corrected chi connectivity index (χ0v) is 16.5. The van der Waals surface area contributed by atoms with Gasteiger partial charge in [-0.15, -0.1) is 11.3 Å². The Bertz CT molecular complexity index is 805. The third-order valence-electron chi connectivity index (χ3n) is 3.99. The Hall–Kier alpha value is -2.74. The number of anilines is 2. The Morgan fingerprint density at radius 1 is 1.26 bits per heavy atom. The highest BCUT2D eigenvalue weighted by molar-refractivity contribution is 7.13. The molecule has 0 radical (unpaired) electrons. The first-order valence-corrected chi connectivity index (χ1v) is 9.55. The molecule has 0 aliphatic carbocycles. The number of aryl methyl sites for hydroxylation is 1. The van der Waals surface area contributed by atoms with E-state index in [4.69, 9.17) is 5.73 Å². The predicted molar refractivity (Wildman–Crippen MR) is 106 cm³/mol. The molecule has 27 heavy (non-hydrogen) atoms. The van der Waals surface area contributed by atoms with Crippen LogP contribution in [0.5, 0.6) is 0 Å². The van der Waals surface area contributed by atoms with Crippen LogP contribution in [0.4, 0.5) is 10.8 Å². The van der Waals surface area contributed by atoms with E-state index in [1.807, 2.05) is 39.0 Å². The zero-order valence-electron chi connectivity index (χ0n) is 15.6. The van der Waals surface area contributed by atoms with Crippen LogP contribution in [-0.2, 0) is 14.4 Å². The van der Waals surface area contributed by atoms with Crippen LogP contribution in [0.1, 0.15) is 32.3 Å². The molecule has 1 unspecified atom stereocenters. The minimum atomic E-state index is -0.790. The summed E-state index contributed by atoms with van der Waals surface area (Å²) in [5.74, 6) is -1.38. The fraction of sp³-hybridized carbons (Fsp3) is 0.368. The molecule has 1 heterocycles. The zero-order chi connectivity index (χ0) is 20.0. The summed E-state index contributed by atoms with van der Waals surface area (Å²) in [5.41, 5.74) is 7.13. The topological polar surface area (TPSA) is 105 Å². The lowest BCUT2D eigenvalue weighted by atomic mass is 9.99. The molecule has 0 fully saturated rings. The number of nitrogens with zero attached hydrogens (tertiary/aromatic N) is 2. The quantitative estimate of drug-likeness (QED) is 0.725. The number of carbonyl (C=O) groups excluding carboxylic acids is 3. The second-order valence-corrected chi connectivity index (χ2v) is 7.47. The predicted octanol–water partition coefficient (Wildman–Crippen LogP) is 2.71. The maximum absolute atomic E-state index is 12.9. The molecule has 0 bridgehead atoms.